The van der Waals surface area contributed by atoms with Gasteiger partial charge < -0.3 is 24.7 Å². The van der Waals surface area contributed by atoms with Gasteiger partial charge in [-0.15, -0.1) is 0 Å². The molecule has 3 rings (SSSR count). The summed E-state index contributed by atoms with van der Waals surface area (Å²) in [5, 5.41) is 5.68. The van der Waals surface area contributed by atoms with E-state index in [9.17, 15) is 14.4 Å². The quantitative estimate of drug-likeness (QED) is 0.632. The Kier molecular flexibility index (Phi) is 7.66. The standard InChI is InChI=1S/C22H33N3O5/c1-14(2)6-7-17(23-21(27)16-8-11-29-15(16)3)22(28)24-20-18(26)13-30-19(20)12-25-9-4-5-10-25/h8,11,14,17,19-20H,4-7,9-10,12-13H2,1-3H3,(H,23,27)(H,24,28)/t17-,19?,20?/m0/s1. The Morgan fingerprint density at radius 2 is 1.97 bits per heavy atom. The summed E-state index contributed by atoms with van der Waals surface area (Å²) < 4.78 is 10.9. The average molecular weight is 420 g/mol. The summed E-state index contributed by atoms with van der Waals surface area (Å²) in [6, 6.07) is 0.185. The lowest BCUT2D eigenvalue weighted by Gasteiger charge is -2.26. The number of hydrogen-bond donors (Lipinski definition) is 2. The van der Waals surface area contributed by atoms with Crippen LogP contribution in [0, 0.1) is 12.8 Å². The van der Waals surface area contributed by atoms with Gasteiger partial charge in [0.05, 0.1) is 17.9 Å². The largest absolute Gasteiger partial charge is 0.469 e. The summed E-state index contributed by atoms with van der Waals surface area (Å²) in [4.78, 5) is 40.3. The van der Waals surface area contributed by atoms with E-state index in [4.69, 9.17) is 9.15 Å². The number of nitrogens with zero attached hydrogens (tertiary/aromatic N) is 1. The van der Waals surface area contributed by atoms with Gasteiger partial charge >= 0.3 is 0 Å². The number of amides is 2. The Hall–Kier alpha value is -2.19. The Labute approximate surface area is 177 Å². The van der Waals surface area contributed by atoms with Crippen molar-refractivity contribution in [2.75, 3.05) is 26.2 Å². The van der Waals surface area contributed by atoms with Gasteiger partial charge in [0.1, 0.15) is 24.5 Å². The van der Waals surface area contributed by atoms with Gasteiger partial charge in [0.2, 0.25) is 5.91 Å². The SMILES string of the molecule is Cc1occc1C(=O)N[C@@H](CCC(C)C)C(=O)NC1C(=O)COC1CN1CCCC1. The Morgan fingerprint density at radius 3 is 2.60 bits per heavy atom. The topological polar surface area (TPSA) is 101 Å². The van der Waals surface area contributed by atoms with Crippen molar-refractivity contribution < 1.29 is 23.5 Å². The lowest BCUT2D eigenvalue weighted by Crippen LogP contribution is -2.54. The molecule has 0 radical (unpaired) electrons. The van der Waals surface area contributed by atoms with Crippen molar-refractivity contribution in [1.29, 1.82) is 0 Å². The molecule has 0 saturated carbocycles. The Morgan fingerprint density at radius 1 is 1.23 bits per heavy atom. The van der Waals surface area contributed by atoms with Gasteiger partial charge in [0.25, 0.3) is 5.91 Å². The Bertz CT molecular complexity index is 754. The van der Waals surface area contributed by atoms with Gasteiger partial charge in [0, 0.05) is 6.54 Å². The molecule has 166 valence electrons. The highest BCUT2D eigenvalue weighted by Crippen LogP contribution is 2.17. The second-order valence-electron chi connectivity index (χ2n) is 8.70. The van der Waals surface area contributed by atoms with Crippen molar-refractivity contribution in [3.8, 4) is 0 Å². The summed E-state index contributed by atoms with van der Waals surface area (Å²) >= 11 is 0. The number of rotatable bonds is 9. The molecular weight excluding hydrogens is 386 g/mol. The normalized spacial score (nSPS) is 23.1. The van der Waals surface area contributed by atoms with Crippen LogP contribution in [0.15, 0.2) is 16.7 Å². The van der Waals surface area contributed by atoms with Gasteiger partial charge in [0.15, 0.2) is 5.78 Å². The van der Waals surface area contributed by atoms with E-state index in [0.717, 1.165) is 32.4 Å². The number of furan rings is 1. The molecule has 2 unspecified atom stereocenters. The maximum Gasteiger partial charge on any atom is 0.255 e. The van der Waals surface area contributed by atoms with Crippen LogP contribution in [0.1, 0.15) is 55.6 Å². The van der Waals surface area contributed by atoms with Crippen molar-refractivity contribution in [3.63, 3.8) is 0 Å². The maximum absolute atomic E-state index is 13.1. The minimum absolute atomic E-state index is 0.0146. The molecule has 3 atom stereocenters. The van der Waals surface area contributed by atoms with E-state index < -0.39 is 12.1 Å². The van der Waals surface area contributed by atoms with Crippen molar-refractivity contribution in [3.05, 3.63) is 23.7 Å². The van der Waals surface area contributed by atoms with Crippen LogP contribution in [0.4, 0.5) is 0 Å². The summed E-state index contributed by atoms with van der Waals surface area (Å²) in [5.74, 6) is 0.0631. The fourth-order valence-electron chi connectivity index (χ4n) is 4.01. The van der Waals surface area contributed by atoms with Gasteiger partial charge in [-0.1, -0.05) is 13.8 Å². The summed E-state index contributed by atoms with van der Waals surface area (Å²) in [6.07, 6.45) is 4.66. The molecule has 8 heteroatoms. The molecule has 1 aromatic rings. The second-order valence-corrected chi connectivity index (χ2v) is 8.70. The van der Waals surface area contributed by atoms with Crippen molar-refractivity contribution in [2.45, 2.75) is 64.6 Å². The fraction of sp³-hybridized carbons (Fsp3) is 0.682. The molecule has 2 fully saturated rings. The lowest BCUT2D eigenvalue weighted by atomic mass is 10.0. The molecule has 2 N–H and O–H groups in total. The molecule has 0 aliphatic carbocycles. The summed E-state index contributed by atoms with van der Waals surface area (Å²) in [5.41, 5.74) is 0.407. The number of likely N-dealkylation sites (tertiary alicyclic amines) is 1. The molecule has 30 heavy (non-hydrogen) atoms. The van der Waals surface area contributed by atoms with Crippen LogP contribution in [-0.2, 0) is 14.3 Å². The molecule has 0 bridgehead atoms. The Balaban J connectivity index is 1.65. The molecule has 8 nitrogen and oxygen atoms in total. The van der Waals surface area contributed by atoms with Gasteiger partial charge in [-0.05, 0) is 57.7 Å². The predicted octanol–water partition coefficient (Wildman–Crippen LogP) is 1.67. The maximum atomic E-state index is 13.1. The third kappa shape index (κ3) is 5.70. The molecule has 2 amide bonds. The van der Waals surface area contributed by atoms with Crippen LogP contribution in [0.3, 0.4) is 0 Å². The van der Waals surface area contributed by atoms with Crippen LogP contribution >= 0.6 is 0 Å². The molecule has 2 aliphatic heterocycles. The van der Waals surface area contributed by atoms with E-state index in [2.05, 4.69) is 29.4 Å². The van der Waals surface area contributed by atoms with Gasteiger partial charge in [-0.25, -0.2) is 0 Å². The lowest BCUT2D eigenvalue weighted by molar-refractivity contribution is -0.127. The average Bonchev–Trinajstić information content (AvgIpc) is 3.43. The number of aryl methyl sites for hydroxylation is 1. The van der Waals surface area contributed by atoms with Gasteiger partial charge in [-0.3, -0.25) is 14.4 Å². The zero-order valence-electron chi connectivity index (χ0n) is 18.1. The highest BCUT2D eigenvalue weighted by atomic mass is 16.5. The van der Waals surface area contributed by atoms with Gasteiger partial charge in [-0.2, -0.15) is 0 Å². The van der Waals surface area contributed by atoms with Crippen LogP contribution in [0.2, 0.25) is 0 Å². The number of carbonyl (C=O) groups excluding carboxylic acids is 3. The van der Waals surface area contributed by atoms with Crippen LogP contribution < -0.4 is 10.6 Å². The van der Waals surface area contributed by atoms with E-state index in [1.165, 1.54) is 6.26 Å². The third-order valence-electron chi connectivity index (χ3n) is 5.85. The first-order chi connectivity index (χ1) is 14.3. The predicted molar refractivity (Wildman–Crippen MR) is 111 cm³/mol. The van der Waals surface area contributed by atoms with E-state index in [0.29, 0.717) is 30.2 Å². The van der Waals surface area contributed by atoms with Crippen molar-refractivity contribution in [2.24, 2.45) is 5.92 Å². The number of Topliss-reactive ketones (excluding diaryl/α,β-unsaturated/α-hetero) is 1. The monoisotopic (exact) mass is 419 g/mol. The first-order valence-electron chi connectivity index (χ1n) is 10.9. The highest BCUT2D eigenvalue weighted by Gasteiger charge is 2.39. The third-order valence-corrected chi connectivity index (χ3v) is 5.85. The van der Waals surface area contributed by atoms with E-state index in [1.54, 1.807) is 13.0 Å². The molecule has 0 spiro atoms. The van der Waals surface area contributed by atoms with Crippen molar-refractivity contribution >= 4 is 17.6 Å². The zero-order chi connectivity index (χ0) is 21.7. The molecule has 3 heterocycles. The molecule has 1 aromatic heterocycles. The molecule has 0 aromatic carbocycles. The van der Waals surface area contributed by atoms with E-state index in [1.807, 2.05) is 0 Å². The van der Waals surface area contributed by atoms with E-state index >= 15 is 0 Å². The van der Waals surface area contributed by atoms with Crippen LogP contribution in [0.25, 0.3) is 0 Å². The number of ketones is 1. The zero-order valence-corrected chi connectivity index (χ0v) is 18.1. The highest BCUT2D eigenvalue weighted by molar-refractivity contribution is 5.99. The minimum atomic E-state index is -0.727. The number of carbonyl (C=O) groups is 3. The summed E-state index contributed by atoms with van der Waals surface area (Å²) in [7, 11) is 0. The number of nitrogens with one attached hydrogen (secondary N) is 2. The molecular formula is C22H33N3O5. The van der Waals surface area contributed by atoms with Crippen LogP contribution in [-0.4, -0.2) is 66.9 Å². The minimum Gasteiger partial charge on any atom is -0.469 e. The van der Waals surface area contributed by atoms with Crippen LogP contribution in [0.5, 0.6) is 0 Å². The fourth-order valence-corrected chi connectivity index (χ4v) is 4.01. The second kappa shape index (κ2) is 10.2. The first kappa shape index (κ1) is 22.5. The number of hydrogen-bond acceptors (Lipinski definition) is 6. The first-order valence-corrected chi connectivity index (χ1v) is 10.9. The van der Waals surface area contributed by atoms with Crippen molar-refractivity contribution in [1.82, 2.24) is 15.5 Å². The molecule has 2 saturated heterocycles. The van der Waals surface area contributed by atoms with E-state index in [-0.39, 0.29) is 30.3 Å². The smallest absolute Gasteiger partial charge is 0.255 e. The summed E-state index contributed by atoms with van der Waals surface area (Å²) in [6.45, 7) is 8.47. The number of ether oxygens (including phenoxy) is 1. The molecule has 2 aliphatic rings.